The van der Waals surface area contributed by atoms with Crippen LogP contribution < -0.4 is 0 Å². The summed E-state index contributed by atoms with van der Waals surface area (Å²) in [5, 5.41) is 8.73. The van der Waals surface area contributed by atoms with E-state index in [4.69, 9.17) is 5.11 Å². The summed E-state index contributed by atoms with van der Waals surface area (Å²) in [4.78, 5) is 10.7. The zero-order valence-electron chi connectivity index (χ0n) is 8.02. The van der Waals surface area contributed by atoms with Crippen molar-refractivity contribution in [2.24, 2.45) is 0 Å². The average Bonchev–Trinajstić information content (AvgIpc) is 2.04. The highest BCUT2D eigenvalue weighted by atomic mass is 19.4. The van der Waals surface area contributed by atoms with E-state index in [9.17, 15) is 18.0 Å². The summed E-state index contributed by atoms with van der Waals surface area (Å²) in [6, 6.07) is 0. The highest BCUT2D eigenvalue weighted by Gasteiger charge is 2.40. The molecular formula is C8H13F3O3. The van der Waals surface area contributed by atoms with Crippen molar-refractivity contribution in [2.45, 2.75) is 38.5 Å². The molecule has 0 bridgehead atoms. The van der Waals surface area contributed by atoms with Crippen molar-refractivity contribution >= 4 is 5.97 Å². The Morgan fingerprint density at radius 1 is 1.29 bits per heavy atom. The summed E-state index contributed by atoms with van der Waals surface area (Å²) in [6.07, 6.45) is -4.48. The van der Waals surface area contributed by atoms with Gasteiger partial charge in [0.25, 0.3) is 0 Å². The van der Waals surface area contributed by atoms with Crippen LogP contribution in [0.4, 0.5) is 13.2 Å². The minimum Gasteiger partial charge on any atom is -0.479 e. The third kappa shape index (κ3) is 3.53. The molecule has 0 aliphatic carbocycles. The number of ether oxygens (including phenoxy) is 1. The maximum atomic E-state index is 11.8. The van der Waals surface area contributed by atoms with Crippen molar-refractivity contribution in [2.75, 3.05) is 6.61 Å². The fraction of sp³-hybridized carbons (Fsp3) is 0.875. The summed E-state index contributed by atoms with van der Waals surface area (Å²) in [6.45, 7) is 1.43. The Balaban J connectivity index is 4.45. The predicted octanol–water partition coefficient (Wildman–Crippen LogP) is 2.21. The molecule has 0 saturated heterocycles. The van der Waals surface area contributed by atoms with E-state index >= 15 is 0 Å². The van der Waals surface area contributed by atoms with E-state index < -0.39 is 24.4 Å². The quantitative estimate of drug-likeness (QED) is 0.763. The van der Waals surface area contributed by atoms with Crippen molar-refractivity contribution in [1.82, 2.24) is 0 Å². The van der Waals surface area contributed by atoms with Crippen molar-refractivity contribution in [3.63, 3.8) is 0 Å². The molecule has 0 aliphatic rings. The number of hydrogen-bond acceptors (Lipinski definition) is 2. The number of carboxylic acids is 1. The highest BCUT2D eigenvalue weighted by Crippen LogP contribution is 2.25. The monoisotopic (exact) mass is 214 g/mol. The molecule has 84 valence electrons. The molecule has 14 heavy (non-hydrogen) atoms. The van der Waals surface area contributed by atoms with Crippen molar-refractivity contribution < 1.29 is 27.8 Å². The van der Waals surface area contributed by atoms with Crippen LogP contribution >= 0.6 is 0 Å². The molecule has 1 N–H and O–H groups in total. The number of aliphatic carboxylic acids is 1. The molecule has 3 nitrogen and oxygen atoms in total. The van der Waals surface area contributed by atoms with Crippen LogP contribution in [-0.4, -0.2) is 29.5 Å². The Morgan fingerprint density at radius 2 is 1.71 bits per heavy atom. The zero-order valence-corrected chi connectivity index (χ0v) is 8.02. The molecule has 0 fully saturated rings. The van der Waals surface area contributed by atoms with E-state index in [1.54, 1.807) is 0 Å². The number of rotatable bonds is 5. The van der Waals surface area contributed by atoms with E-state index in [1.165, 1.54) is 13.8 Å². The van der Waals surface area contributed by atoms with Gasteiger partial charge in [-0.25, -0.2) is 4.79 Å². The molecule has 0 rings (SSSR count). The summed E-state index contributed by atoms with van der Waals surface area (Å²) in [5.74, 6) is -1.35. The summed E-state index contributed by atoms with van der Waals surface area (Å²) >= 11 is 0. The standard InChI is InChI=1S/C8H13F3O3/c1-3-7(4-2,6(12)13)14-5-8(9,10)11/h3-5H2,1-2H3,(H,12,13). The van der Waals surface area contributed by atoms with Crippen LogP contribution in [0.25, 0.3) is 0 Å². The molecule has 0 unspecified atom stereocenters. The van der Waals surface area contributed by atoms with Crippen molar-refractivity contribution in [1.29, 1.82) is 0 Å². The molecule has 0 heterocycles. The van der Waals surface area contributed by atoms with Gasteiger partial charge in [0.15, 0.2) is 5.60 Å². The largest absolute Gasteiger partial charge is 0.479 e. The molecular weight excluding hydrogens is 201 g/mol. The zero-order chi connectivity index (χ0) is 11.4. The van der Waals surface area contributed by atoms with Gasteiger partial charge in [0.2, 0.25) is 0 Å². The maximum Gasteiger partial charge on any atom is 0.411 e. The Kier molecular flexibility index (Phi) is 4.38. The normalized spacial score (nSPS) is 12.9. The fourth-order valence-electron chi connectivity index (χ4n) is 1.04. The SMILES string of the molecule is CCC(CC)(OCC(F)(F)F)C(=O)O. The first-order valence-electron chi connectivity index (χ1n) is 4.21. The van der Waals surface area contributed by atoms with Crippen LogP contribution in [0, 0.1) is 0 Å². The first-order valence-corrected chi connectivity index (χ1v) is 4.21. The van der Waals surface area contributed by atoms with Crippen molar-refractivity contribution in [3.8, 4) is 0 Å². The molecule has 0 atom stereocenters. The van der Waals surface area contributed by atoms with E-state index in [2.05, 4.69) is 4.74 Å². The molecule has 0 aromatic heterocycles. The highest BCUT2D eigenvalue weighted by molar-refractivity contribution is 5.77. The van der Waals surface area contributed by atoms with Gasteiger partial charge in [-0.05, 0) is 12.8 Å². The lowest BCUT2D eigenvalue weighted by molar-refractivity contribution is -0.214. The number of carbonyl (C=O) groups is 1. The maximum absolute atomic E-state index is 11.8. The van der Waals surface area contributed by atoms with Gasteiger partial charge < -0.3 is 9.84 Å². The van der Waals surface area contributed by atoms with Crippen LogP contribution in [0.15, 0.2) is 0 Å². The first-order chi connectivity index (χ1) is 6.27. The van der Waals surface area contributed by atoms with Crippen LogP contribution in [0.1, 0.15) is 26.7 Å². The number of carboxylic acid groups (broad SMARTS) is 1. The molecule has 0 aliphatic heterocycles. The minimum absolute atomic E-state index is 0.00884. The van der Waals surface area contributed by atoms with Crippen LogP contribution in [0.3, 0.4) is 0 Å². The summed E-state index contributed by atoms with van der Waals surface area (Å²) in [5.41, 5.74) is -1.71. The lowest BCUT2D eigenvalue weighted by Crippen LogP contribution is -2.42. The third-order valence-corrected chi connectivity index (χ3v) is 2.04. The molecule has 0 amide bonds. The van der Waals surface area contributed by atoms with Gasteiger partial charge in [0.05, 0.1) is 0 Å². The smallest absolute Gasteiger partial charge is 0.411 e. The second kappa shape index (κ2) is 4.63. The Hall–Kier alpha value is -0.780. The summed E-state index contributed by atoms with van der Waals surface area (Å²) in [7, 11) is 0. The van der Waals surface area contributed by atoms with Gasteiger partial charge in [-0.2, -0.15) is 13.2 Å². The van der Waals surface area contributed by atoms with Crippen molar-refractivity contribution in [3.05, 3.63) is 0 Å². The molecule has 0 spiro atoms. The second-order valence-electron chi connectivity index (χ2n) is 2.91. The molecule has 0 radical (unpaired) electrons. The van der Waals surface area contributed by atoms with Crippen LogP contribution in [0.5, 0.6) is 0 Å². The van der Waals surface area contributed by atoms with E-state index in [0.717, 1.165) is 0 Å². The topological polar surface area (TPSA) is 46.5 Å². The molecule has 6 heteroatoms. The number of alkyl halides is 3. The van der Waals surface area contributed by atoms with Gasteiger partial charge in [-0.3, -0.25) is 0 Å². The Bertz CT molecular complexity index is 196. The number of halogens is 3. The third-order valence-electron chi connectivity index (χ3n) is 2.04. The van der Waals surface area contributed by atoms with E-state index in [0.29, 0.717) is 0 Å². The minimum atomic E-state index is -4.50. The van der Waals surface area contributed by atoms with Gasteiger partial charge in [0.1, 0.15) is 6.61 Å². The van der Waals surface area contributed by atoms with Gasteiger partial charge in [-0.15, -0.1) is 0 Å². The molecule has 0 aromatic rings. The second-order valence-corrected chi connectivity index (χ2v) is 2.91. The Morgan fingerprint density at radius 3 is 1.93 bits per heavy atom. The lowest BCUT2D eigenvalue weighted by Gasteiger charge is -2.27. The Labute approximate surface area is 79.9 Å². The van der Waals surface area contributed by atoms with E-state index in [-0.39, 0.29) is 12.8 Å². The fourth-order valence-corrected chi connectivity index (χ4v) is 1.04. The lowest BCUT2D eigenvalue weighted by atomic mass is 9.97. The number of hydrogen-bond donors (Lipinski definition) is 1. The average molecular weight is 214 g/mol. The molecule has 0 aromatic carbocycles. The van der Waals surface area contributed by atoms with E-state index in [1.807, 2.05) is 0 Å². The predicted molar refractivity (Wildman–Crippen MR) is 43.0 cm³/mol. The summed E-state index contributed by atoms with van der Waals surface area (Å²) < 4.78 is 39.8. The van der Waals surface area contributed by atoms with Gasteiger partial charge in [0, 0.05) is 0 Å². The van der Waals surface area contributed by atoms with Crippen LogP contribution in [0.2, 0.25) is 0 Å². The molecule has 0 saturated carbocycles. The van der Waals surface area contributed by atoms with Crippen LogP contribution in [-0.2, 0) is 9.53 Å². The van der Waals surface area contributed by atoms with Gasteiger partial charge in [-0.1, -0.05) is 13.8 Å². The first kappa shape index (κ1) is 13.2. The van der Waals surface area contributed by atoms with Gasteiger partial charge >= 0.3 is 12.1 Å².